The first-order valence-electron chi connectivity index (χ1n) is 14.2. The van der Waals surface area contributed by atoms with Crippen LogP contribution in [0.5, 0.6) is 0 Å². The minimum atomic E-state index is -0.0899. The monoisotopic (exact) mass is 508 g/mol. The lowest BCUT2D eigenvalue weighted by Gasteiger charge is -2.50. The quantitative estimate of drug-likeness (QED) is 0.558. The fourth-order valence-corrected chi connectivity index (χ4v) is 7.70. The molecular weight excluding hydrogens is 464 g/mol. The molecule has 0 aromatic carbocycles. The van der Waals surface area contributed by atoms with Crippen LogP contribution in [0.2, 0.25) is 0 Å². The molecule has 1 aliphatic heterocycles. The fraction of sp³-hybridized carbons (Fsp3) is 0.690. The maximum Gasteiger partial charge on any atom is 0.275 e. The first kappa shape index (κ1) is 26.2. The third-order valence-corrected chi connectivity index (χ3v) is 8.77. The van der Waals surface area contributed by atoms with Gasteiger partial charge in [0.25, 0.3) is 11.8 Å². The average molecular weight is 509 g/mol. The van der Waals surface area contributed by atoms with Crippen molar-refractivity contribution in [2.24, 2.45) is 23.2 Å². The molecule has 37 heavy (non-hydrogen) atoms. The summed E-state index contributed by atoms with van der Waals surface area (Å²) in [5.74, 6) is 2.07. The highest BCUT2D eigenvalue weighted by Crippen LogP contribution is 2.52. The van der Waals surface area contributed by atoms with Crippen LogP contribution < -0.4 is 10.6 Å². The molecule has 5 rings (SSSR count). The van der Waals surface area contributed by atoms with Crippen molar-refractivity contribution in [3.63, 3.8) is 0 Å². The molecule has 1 saturated heterocycles. The van der Waals surface area contributed by atoms with Crippen LogP contribution in [-0.2, 0) is 0 Å². The zero-order valence-electron chi connectivity index (χ0n) is 23.0. The summed E-state index contributed by atoms with van der Waals surface area (Å²) in [5, 5.41) is 6.67. The van der Waals surface area contributed by atoms with Gasteiger partial charge in [-0.05, 0) is 107 Å². The summed E-state index contributed by atoms with van der Waals surface area (Å²) in [5.41, 5.74) is 1.76. The van der Waals surface area contributed by atoms with Gasteiger partial charge >= 0.3 is 0 Å². The Hall–Kier alpha value is -2.45. The highest BCUT2D eigenvalue weighted by Gasteiger charge is 2.44. The zero-order valence-corrected chi connectivity index (χ0v) is 23.0. The number of rotatable bonds is 7. The Labute approximate surface area is 221 Å². The Morgan fingerprint density at radius 3 is 2.49 bits per heavy atom. The van der Waals surface area contributed by atoms with Crippen molar-refractivity contribution in [2.45, 2.75) is 64.8 Å². The highest BCUT2D eigenvalue weighted by atomic mass is 16.2. The number of piperidine rings is 1. The molecule has 0 spiro atoms. The number of fused-ring (bicyclic) bond motifs is 3. The summed E-state index contributed by atoms with van der Waals surface area (Å²) < 4.78 is 1.78. The summed E-state index contributed by atoms with van der Waals surface area (Å²) in [6, 6.07) is 5.73. The summed E-state index contributed by atoms with van der Waals surface area (Å²) in [4.78, 5) is 35.7. The molecule has 3 heterocycles. The van der Waals surface area contributed by atoms with E-state index in [1.807, 2.05) is 42.1 Å². The lowest BCUT2D eigenvalue weighted by Crippen LogP contribution is -2.49. The molecule has 2 atom stereocenters. The predicted octanol–water partition coefficient (Wildman–Crippen LogP) is 3.63. The van der Waals surface area contributed by atoms with Crippen molar-refractivity contribution >= 4 is 17.5 Å². The Kier molecular flexibility index (Phi) is 7.59. The molecule has 2 bridgehead atoms. The Balaban J connectivity index is 1.35. The van der Waals surface area contributed by atoms with Crippen molar-refractivity contribution in [3.05, 3.63) is 35.8 Å². The number of hydrogen-bond donors (Lipinski definition) is 2. The van der Waals surface area contributed by atoms with Crippen molar-refractivity contribution < 1.29 is 9.59 Å². The van der Waals surface area contributed by atoms with Gasteiger partial charge in [0.1, 0.15) is 17.0 Å². The van der Waals surface area contributed by atoms with Crippen LogP contribution in [-0.4, -0.2) is 77.4 Å². The number of nitrogens with zero attached hydrogens (tertiary/aromatic N) is 4. The molecule has 2 aromatic rings. The second kappa shape index (κ2) is 10.7. The number of nitrogens with one attached hydrogen (secondary N) is 2. The summed E-state index contributed by atoms with van der Waals surface area (Å²) in [6.45, 7) is 7.83. The van der Waals surface area contributed by atoms with Gasteiger partial charge in [0.05, 0.1) is 6.67 Å². The van der Waals surface area contributed by atoms with Crippen LogP contribution in [0.15, 0.2) is 24.4 Å². The lowest BCUT2D eigenvalue weighted by atomic mass is 9.57. The molecule has 3 fully saturated rings. The third-order valence-electron chi connectivity index (χ3n) is 8.77. The number of hydrogen-bond acceptors (Lipinski definition) is 5. The van der Waals surface area contributed by atoms with E-state index in [2.05, 4.69) is 29.5 Å². The maximum absolute atomic E-state index is 13.6. The van der Waals surface area contributed by atoms with Crippen LogP contribution in [0.3, 0.4) is 0 Å². The standard InChI is InChI=1S/C29H44N6O2/c1-20-12-22-13-21(2)15-29(14-20,16-22)18-31-27(36)25-6-5-7-26-32-24(17-34(25)26)28(37)35(19-33(3)4)23-8-10-30-11-9-23/h5-7,17,20-23,30H,8-16,18-19H2,1-4H3,(H,31,36). The van der Waals surface area contributed by atoms with E-state index >= 15 is 0 Å². The zero-order chi connectivity index (χ0) is 26.2. The normalized spacial score (nSPS) is 28.4. The molecule has 8 nitrogen and oxygen atoms in total. The topological polar surface area (TPSA) is 82.0 Å². The van der Waals surface area contributed by atoms with Crippen LogP contribution in [0.25, 0.3) is 5.65 Å². The summed E-state index contributed by atoms with van der Waals surface area (Å²) >= 11 is 0. The van der Waals surface area contributed by atoms with Gasteiger partial charge in [0, 0.05) is 18.8 Å². The Bertz CT molecular complexity index is 1100. The van der Waals surface area contributed by atoms with Crippen molar-refractivity contribution in [1.29, 1.82) is 0 Å². The SMILES string of the molecule is CC1CC2CC(C)CC(CNC(=O)c3cccc4nc(C(=O)N(CN(C)C)C5CCNCC5)cn34)(C1)C2. The predicted molar refractivity (Wildman–Crippen MR) is 145 cm³/mol. The number of carbonyl (C=O) groups is 2. The molecule has 2 N–H and O–H groups in total. The van der Waals surface area contributed by atoms with Gasteiger partial charge in [0.2, 0.25) is 0 Å². The minimum absolute atomic E-state index is 0.0759. The number of imidazole rings is 1. The van der Waals surface area contributed by atoms with Gasteiger partial charge in [-0.3, -0.25) is 18.9 Å². The molecule has 2 aromatic heterocycles. The second-order valence-corrected chi connectivity index (χ2v) is 12.6. The maximum atomic E-state index is 13.6. The molecule has 202 valence electrons. The van der Waals surface area contributed by atoms with Crippen molar-refractivity contribution in [3.8, 4) is 0 Å². The van der Waals surface area contributed by atoms with Crippen molar-refractivity contribution in [1.82, 2.24) is 29.8 Å². The number of carbonyl (C=O) groups excluding carboxylic acids is 2. The minimum Gasteiger partial charge on any atom is -0.350 e. The van der Waals surface area contributed by atoms with E-state index < -0.39 is 0 Å². The van der Waals surface area contributed by atoms with Gasteiger partial charge in [-0.2, -0.15) is 0 Å². The Morgan fingerprint density at radius 1 is 1.11 bits per heavy atom. The van der Waals surface area contributed by atoms with Gasteiger partial charge in [0.15, 0.2) is 0 Å². The third kappa shape index (κ3) is 5.70. The van der Waals surface area contributed by atoms with E-state index in [1.165, 1.54) is 32.1 Å². The number of amides is 2. The van der Waals surface area contributed by atoms with Gasteiger partial charge in [-0.25, -0.2) is 4.98 Å². The molecule has 2 amide bonds. The van der Waals surface area contributed by atoms with Gasteiger partial charge < -0.3 is 15.5 Å². The molecule has 3 aliphatic rings. The molecule has 2 unspecified atom stereocenters. The van der Waals surface area contributed by atoms with Crippen LogP contribution >= 0.6 is 0 Å². The Morgan fingerprint density at radius 2 is 1.81 bits per heavy atom. The largest absolute Gasteiger partial charge is 0.350 e. The van der Waals surface area contributed by atoms with E-state index in [1.54, 1.807) is 10.6 Å². The number of aromatic nitrogens is 2. The van der Waals surface area contributed by atoms with E-state index in [0.717, 1.165) is 50.2 Å². The van der Waals surface area contributed by atoms with E-state index in [0.29, 0.717) is 23.7 Å². The van der Waals surface area contributed by atoms with Crippen LogP contribution in [0.4, 0.5) is 0 Å². The summed E-state index contributed by atoms with van der Waals surface area (Å²) in [7, 11) is 3.96. The van der Waals surface area contributed by atoms with E-state index in [-0.39, 0.29) is 23.3 Å². The fourth-order valence-electron chi connectivity index (χ4n) is 7.70. The molecular formula is C29H44N6O2. The smallest absolute Gasteiger partial charge is 0.275 e. The highest BCUT2D eigenvalue weighted by molar-refractivity contribution is 5.95. The molecule has 2 aliphatic carbocycles. The number of pyridine rings is 1. The van der Waals surface area contributed by atoms with E-state index in [4.69, 9.17) is 0 Å². The van der Waals surface area contributed by atoms with Gasteiger partial charge in [-0.1, -0.05) is 19.9 Å². The van der Waals surface area contributed by atoms with Crippen LogP contribution in [0, 0.1) is 23.2 Å². The van der Waals surface area contributed by atoms with Crippen LogP contribution in [0.1, 0.15) is 79.8 Å². The molecule has 2 saturated carbocycles. The average Bonchev–Trinajstić information content (AvgIpc) is 3.29. The molecule has 0 radical (unpaired) electrons. The van der Waals surface area contributed by atoms with Crippen molar-refractivity contribution in [2.75, 3.05) is 40.4 Å². The molecule has 8 heteroatoms. The van der Waals surface area contributed by atoms with E-state index in [9.17, 15) is 9.59 Å². The first-order chi connectivity index (χ1) is 17.7. The first-order valence-corrected chi connectivity index (χ1v) is 14.2. The van der Waals surface area contributed by atoms with Gasteiger partial charge in [-0.15, -0.1) is 0 Å². The summed E-state index contributed by atoms with van der Waals surface area (Å²) in [6.07, 6.45) is 9.88. The lowest BCUT2D eigenvalue weighted by molar-refractivity contribution is 0.0183. The second-order valence-electron chi connectivity index (χ2n) is 12.6.